The summed E-state index contributed by atoms with van der Waals surface area (Å²) in [5.74, 6) is 0.625. The molecule has 3 aliphatic rings. The summed E-state index contributed by atoms with van der Waals surface area (Å²) in [6.07, 6.45) is 4.38. The average Bonchev–Trinajstić information content (AvgIpc) is 2.90. The van der Waals surface area contributed by atoms with Crippen molar-refractivity contribution in [1.82, 2.24) is 25.3 Å². The van der Waals surface area contributed by atoms with Crippen LogP contribution in [0, 0.1) is 5.92 Å². The van der Waals surface area contributed by atoms with Crippen molar-refractivity contribution in [2.45, 2.75) is 64.5 Å². The van der Waals surface area contributed by atoms with Crippen molar-refractivity contribution in [3.8, 4) is 0 Å². The van der Waals surface area contributed by atoms with Crippen molar-refractivity contribution >= 4 is 17.8 Å². The predicted octanol–water partition coefficient (Wildman–Crippen LogP) is 0.977. The molecule has 158 valence electrons. The molecular weight excluding hydrogens is 358 g/mol. The summed E-state index contributed by atoms with van der Waals surface area (Å²) in [6.45, 7) is 10.0. The van der Waals surface area contributed by atoms with Crippen LogP contribution in [0.1, 0.15) is 52.9 Å². The van der Waals surface area contributed by atoms with Gasteiger partial charge in [-0.1, -0.05) is 13.8 Å². The molecule has 1 spiro atoms. The molecule has 1 unspecified atom stereocenters. The van der Waals surface area contributed by atoms with Crippen molar-refractivity contribution in [3.63, 3.8) is 0 Å². The van der Waals surface area contributed by atoms with Crippen molar-refractivity contribution in [2.24, 2.45) is 5.92 Å². The van der Waals surface area contributed by atoms with Gasteiger partial charge in [0.05, 0.1) is 13.2 Å². The molecule has 4 amide bonds. The standard InChI is InChI=1S/C20H35N5O3/c1-4-16(3)21-17(26)13-23-9-11-24(12-10-23)14-25-18(27)20(22-19(25)28)7-5-15(2)6-8-20/h15-16H,4-14H2,1-3H3,(H,21,26)(H,22,28). The Hall–Kier alpha value is -1.67. The van der Waals surface area contributed by atoms with Crippen LogP contribution in [-0.4, -0.2) is 83.5 Å². The van der Waals surface area contributed by atoms with Gasteiger partial charge in [-0.25, -0.2) is 9.69 Å². The largest absolute Gasteiger partial charge is 0.353 e. The minimum Gasteiger partial charge on any atom is -0.353 e. The van der Waals surface area contributed by atoms with Crippen LogP contribution >= 0.6 is 0 Å². The number of imide groups is 1. The third-order valence-corrected chi connectivity index (χ3v) is 6.57. The topological polar surface area (TPSA) is 85.0 Å². The Balaban J connectivity index is 1.46. The zero-order valence-corrected chi connectivity index (χ0v) is 17.5. The van der Waals surface area contributed by atoms with E-state index >= 15 is 0 Å². The van der Waals surface area contributed by atoms with Gasteiger partial charge in [-0.3, -0.25) is 19.4 Å². The highest BCUT2D eigenvalue weighted by molar-refractivity contribution is 6.07. The quantitative estimate of drug-likeness (QED) is 0.657. The molecule has 2 heterocycles. The Morgan fingerprint density at radius 3 is 2.39 bits per heavy atom. The summed E-state index contributed by atoms with van der Waals surface area (Å²) in [4.78, 5) is 43.1. The Kier molecular flexibility index (Phi) is 6.60. The van der Waals surface area contributed by atoms with Crippen LogP contribution < -0.4 is 10.6 Å². The fraction of sp³-hybridized carbons (Fsp3) is 0.850. The third-order valence-electron chi connectivity index (χ3n) is 6.57. The van der Waals surface area contributed by atoms with Crippen LogP contribution in [-0.2, 0) is 9.59 Å². The number of nitrogens with zero attached hydrogens (tertiary/aromatic N) is 3. The van der Waals surface area contributed by atoms with E-state index in [9.17, 15) is 14.4 Å². The second-order valence-corrected chi connectivity index (χ2v) is 8.84. The summed E-state index contributed by atoms with van der Waals surface area (Å²) < 4.78 is 0. The zero-order valence-electron chi connectivity index (χ0n) is 17.5. The first-order valence-corrected chi connectivity index (χ1v) is 10.7. The molecule has 0 radical (unpaired) electrons. The number of piperazine rings is 1. The zero-order chi connectivity index (χ0) is 20.3. The Morgan fingerprint density at radius 1 is 1.18 bits per heavy atom. The average molecular weight is 394 g/mol. The van der Waals surface area contributed by atoms with Crippen LogP contribution in [0.2, 0.25) is 0 Å². The predicted molar refractivity (Wildman–Crippen MR) is 107 cm³/mol. The molecule has 2 N–H and O–H groups in total. The highest BCUT2D eigenvalue weighted by Gasteiger charge is 2.52. The second kappa shape index (κ2) is 8.78. The number of amides is 4. The monoisotopic (exact) mass is 393 g/mol. The van der Waals surface area contributed by atoms with Gasteiger partial charge in [-0.2, -0.15) is 0 Å². The summed E-state index contributed by atoms with van der Waals surface area (Å²) in [5.41, 5.74) is -0.667. The first-order valence-electron chi connectivity index (χ1n) is 10.7. The molecule has 0 aromatic carbocycles. The van der Waals surface area contributed by atoms with E-state index in [0.717, 1.165) is 58.3 Å². The van der Waals surface area contributed by atoms with E-state index in [1.807, 2.05) is 6.92 Å². The lowest BCUT2D eigenvalue weighted by atomic mass is 9.77. The maximum atomic E-state index is 13.0. The first kappa shape index (κ1) is 21.0. The number of rotatable bonds is 6. The molecule has 1 saturated carbocycles. The van der Waals surface area contributed by atoms with Crippen molar-refractivity contribution < 1.29 is 14.4 Å². The molecule has 8 nitrogen and oxygen atoms in total. The lowest BCUT2D eigenvalue weighted by Gasteiger charge is -2.36. The van der Waals surface area contributed by atoms with Crippen LogP contribution in [0.4, 0.5) is 4.79 Å². The normalized spacial score (nSPS) is 30.5. The van der Waals surface area contributed by atoms with Gasteiger partial charge in [0.25, 0.3) is 5.91 Å². The molecule has 3 fully saturated rings. The third kappa shape index (κ3) is 4.66. The van der Waals surface area contributed by atoms with Gasteiger partial charge in [-0.15, -0.1) is 0 Å². The molecule has 3 rings (SSSR count). The molecule has 8 heteroatoms. The van der Waals surface area contributed by atoms with E-state index < -0.39 is 5.54 Å². The van der Waals surface area contributed by atoms with Crippen LogP contribution in [0.15, 0.2) is 0 Å². The summed E-state index contributed by atoms with van der Waals surface area (Å²) in [6, 6.07) is -0.0570. The van der Waals surface area contributed by atoms with Crippen LogP contribution in [0.5, 0.6) is 0 Å². The molecule has 1 aliphatic carbocycles. The molecule has 0 aromatic heterocycles. The molecule has 0 aromatic rings. The van der Waals surface area contributed by atoms with Crippen molar-refractivity contribution in [1.29, 1.82) is 0 Å². The number of carbonyl (C=O) groups excluding carboxylic acids is 3. The van der Waals surface area contributed by atoms with Gasteiger partial charge >= 0.3 is 6.03 Å². The summed E-state index contributed by atoms with van der Waals surface area (Å²) in [5, 5.41) is 5.98. The van der Waals surface area contributed by atoms with Gasteiger partial charge in [0.2, 0.25) is 5.91 Å². The van der Waals surface area contributed by atoms with E-state index in [2.05, 4.69) is 34.3 Å². The minimum atomic E-state index is -0.667. The van der Waals surface area contributed by atoms with E-state index in [4.69, 9.17) is 0 Å². The molecule has 2 saturated heterocycles. The van der Waals surface area contributed by atoms with Crippen molar-refractivity contribution in [3.05, 3.63) is 0 Å². The fourth-order valence-corrected chi connectivity index (χ4v) is 4.31. The number of nitrogens with one attached hydrogen (secondary N) is 2. The smallest absolute Gasteiger partial charge is 0.326 e. The van der Waals surface area contributed by atoms with Gasteiger partial charge in [0, 0.05) is 32.2 Å². The minimum absolute atomic E-state index is 0.0558. The number of urea groups is 1. The SMILES string of the molecule is CCC(C)NC(=O)CN1CCN(CN2C(=O)NC3(CCC(C)CC3)C2=O)CC1. The van der Waals surface area contributed by atoms with Gasteiger partial charge in [0.15, 0.2) is 0 Å². The van der Waals surface area contributed by atoms with Gasteiger partial charge < -0.3 is 10.6 Å². The molecule has 0 bridgehead atoms. The fourth-order valence-electron chi connectivity index (χ4n) is 4.31. The van der Waals surface area contributed by atoms with E-state index in [1.165, 1.54) is 4.90 Å². The van der Waals surface area contributed by atoms with E-state index in [-0.39, 0.29) is 23.9 Å². The van der Waals surface area contributed by atoms with E-state index in [0.29, 0.717) is 19.1 Å². The summed E-state index contributed by atoms with van der Waals surface area (Å²) in [7, 11) is 0. The number of carbonyl (C=O) groups is 3. The van der Waals surface area contributed by atoms with Gasteiger partial charge in [-0.05, 0) is 44.9 Å². The Bertz CT molecular complexity index is 595. The van der Waals surface area contributed by atoms with Crippen LogP contribution in [0.3, 0.4) is 0 Å². The molecule has 2 aliphatic heterocycles. The number of hydrogen-bond donors (Lipinski definition) is 2. The lowest BCUT2D eigenvalue weighted by molar-refractivity contribution is -0.134. The lowest BCUT2D eigenvalue weighted by Crippen LogP contribution is -2.54. The van der Waals surface area contributed by atoms with E-state index in [1.54, 1.807) is 0 Å². The maximum absolute atomic E-state index is 13.0. The maximum Gasteiger partial charge on any atom is 0.326 e. The Labute approximate surface area is 168 Å². The number of hydrogen-bond acceptors (Lipinski definition) is 5. The van der Waals surface area contributed by atoms with Gasteiger partial charge in [0.1, 0.15) is 5.54 Å². The first-order chi connectivity index (χ1) is 13.3. The molecule has 1 atom stereocenters. The second-order valence-electron chi connectivity index (χ2n) is 8.84. The van der Waals surface area contributed by atoms with Crippen molar-refractivity contribution in [2.75, 3.05) is 39.4 Å². The van der Waals surface area contributed by atoms with Crippen LogP contribution in [0.25, 0.3) is 0 Å². The molecular formula is C20H35N5O3. The Morgan fingerprint density at radius 2 is 1.79 bits per heavy atom. The highest BCUT2D eigenvalue weighted by atomic mass is 16.2. The molecule has 28 heavy (non-hydrogen) atoms. The highest BCUT2D eigenvalue weighted by Crippen LogP contribution is 2.36. The summed E-state index contributed by atoms with van der Waals surface area (Å²) >= 11 is 0.